The Labute approximate surface area is 59.7 Å². The molecule has 55 valence electrons. The van der Waals surface area contributed by atoms with Gasteiger partial charge in [-0.15, -0.1) is 0 Å². The van der Waals surface area contributed by atoms with Crippen LogP contribution in [0.1, 0.15) is 40.0 Å². The van der Waals surface area contributed by atoms with Crippen LogP contribution in [-0.4, -0.2) is 0 Å². The van der Waals surface area contributed by atoms with Crippen molar-refractivity contribution in [3.63, 3.8) is 0 Å². The molecule has 0 aliphatic carbocycles. The predicted octanol–water partition coefficient (Wildman–Crippen LogP) is 3.28. The lowest BCUT2D eigenvalue weighted by atomic mass is 9.95. The van der Waals surface area contributed by atoms with Gasteiger partial charge in [-0.1, -0.05) is 40.5 Å². The lowest BCUT2D eigenvalue weighted by Gasteiger charge is -2.11. The Kier molecular flexibility index (Phi) is 4.84. The van der Waals surface area contributed by atoms with Crippen molar-refractivity contribution in [1.29, 1.82) is 0 Å². The molecule has 1 radical (unpaired) electrons. The molecule has 9 heavy (non-hydrogen) atoms. The van der Waals surface area contributed by atoms with E-state index in [-0.39, 0.29) is 0 Å². The lowest BCUT2D eigenvalue weighted by Crippen LogP contribution is -1.98. The van der Waals surface area contributed by atoms with Crippen molar-refractivity contribution in [1.82, 2.24) is 0 Å². The van der Waals surface area contributed by atoms with Gasteiger partial charge in [0.25, 0.3) is 0 Å². The fraction of sp³-hybridized carbons (Fsp3) is 0.889. The highest BCUT2D eigenvalue weighted by Crippen LogP contribution is 2.14. The van der Waals surface area contributed by atoms with E-state index >= 15 is 0 Å². The minimum Gasteiger partial charge on any atom is -0.0654 e. The predicted molar refractivity (Wildman–Crippen MR) is 43.2 cm³/mol. The molecule has 0 heteroatoms. The summed E-state index contributed by atoms with van der Waals surface area (Å²) in [4.78, 5) is 0. The highest BCUT2D eigenvalue weighted by Gasteiger charge is 2.02. The second-order valence-corrected chi connectivity index (χ2v) is 3.23. The molecular formula is C9H19. The Morgan fingerprint density at radius 2 is 1.89 bits per heavy atom. The van der Waals surface area contributed by atoms with Gasteiger partial charge in [0.05, 0.1) is 0 Å². The van der Waals surface area contributed by atoms with E-state index in [2.05, 4.69) is 27.7 Å². The Balaban J connectivity index is 3.15. The van der Waals surface area contributed by atoms with E-state index < -0.39 is 0 Å². The Bertz CT molecular complexity index is 55.1. The monoisotopic (exact) mass is 127 g/mol. The summed E-state index contributed by atoms with van der Waals surface area (Å²) in [6.07, 6.45) is 3.96. The third kappa shape index (κ3) is 5.88. The SMILES string of the molecule is [CH2]C(C)CC(C)CCC. The third-order valence-electron chi connectivity index (χ3n) is 1.59. The van der Waals surface area contributed by atoms with Crippen molar-refractivity contribution in [2.45, 2.75) is 40.0 Å². The molecule has 2 atom stereocenters. The highest BCUT2D eigenvalue weighted by atomic mass is 14.1. The lowest BCUT2D eigenvalue weighted by molar-refractivity contribution is 0.433. The number of hydrogen-bond donors (Lipinski definition) is 0. The van der Waals surface area contributed by atoms with Crippen molar-refractivity contribution in [3.05, 3.63) is 6.92 Å². The molecule has 0 spiro atoms. The molecule has 0 rings (SSSR count). The maximum Gasteiger partial charge on any atom is -0.0440 e. The minimum absolute atomic E-state index is 0.631. The second-order valence-electron chi connectivity index (χ2n) is 3.23. The molecule has 0 saturated carbocycles. The van der Waals surface area contributed by atoms with Gasteiger partial charge in [0.2, 0.25) is 0 Å². The van der Waals surface area contributed by atoms with Gasteiger partial charge in [0, 0.05) is 0 Å². The molecule has 0 saturated heterocycles. The van der Waals surface area contributed by atoms with Gasteiger partial charge in [-0.05, 0) is 18.3 Å². The van der Waals surface area contributed by atoms with Crippen LogP contribution < -0.4 is 0 Å². The molecule has 0 aromatic carbocycles. The average Bonchev–Trinajstić information content (AvgIpc) is 1.63. The van der Waals surface area contributed by atoms with Crippen molar-refractivity contribution < 1.29 is 0 Å². The van der Waals surface area contributed by atoms with E-state index in [1.807, 2.05) is 0 Å². The van der Waals surface area contributed by atoms with Crippen LogP contribution in [0.3, 0.4) is 0 Å². The molecule has 0 aromatic rings. The van der Waals surface area contributed by atoms with Gasteiger partial charge in [0.1, 0.15) is 0 Å². The van der Waals surface area contributed by atoms with Gasteiger partial charge >= 0.3 is 0 Å². The summed E-state index contributed by atoms with van der Waals surface area (Å²) in [6, 6.07) is 0. The normalized spacial score (nSPS) is 14.3. The quantitative estimate of drug-likeness (QED) is 0.543. The van der Waals surface area contributed by atoms with Crippen molar-refractivity contribution in [3.8, 4) is 0 Å². The molecule has 0 heterocycles. The van der Waals surface area contributed by atoms with Crippen LogP contribution in [0.15, 0.2) is 0 Å². The number of rotatable bonds is 4. The molecule has 0 N–H and O–H groups in total. The van der Waals surface area contributed by atoms with Crippen LogP contribution in [0.25, 0.3) is 0 Å². The first-order valence-electron chi connectivity index (χ1n) is 3.99. The molecule has 0 aliphatic heterocycles. The zero-order valence-electron chi connectivity index (χ0n) is 6.98. The van der Waals surface area contributed by atoms with Gasteiger partial charge < -0.3 is 0 Å². The van der Waals surface area contributed by atoms with Crippen LogP contribution in [0, 0.1) is 18.8 Å². The zero-order chi connectivity index (χ0) is 7.28. The van der Waals surface area contributed by atoms with Crippen LogP contribution in [0.5, 0.6) is 0 Å². The minimum atomic E-state index is 0.631. The molecule has 0 amide bonds. The first-order chi connectivity index (χ1) is 4.16. The van der Waals surface area contributed by atoms with Crippen molar-refractivity contribution >= 4 is 0 Å². The molecule has 0 aromatic heterocycles. The molecular weight excluding hydrogens is 108 g/mol. The van der Waals surface area contributed by atoms with Crippen molar-refractivity contribution in [2.75, 3.05) is 0 Å². The van der Waals surface area contributed by atoms with Crippen LogP contribution in [0.4, 0.5) is 0 Å². The highest BCUT2D eigenvalue weighted by molar-refractivity contribution is 4.59. The zero-order valence-corrected chi connectivity index (χ0v) is 6.98. The average molecular weight is 127 g/mol. The summed E-state index contributed by atoms with van der Waals surface area (Å²) in [5, 5.41) is 0. The van der Waals surface area contributed by atoms with Crippen molar-refractivity contribution in [2.24, 2.45) is 11.8 Å². The van der Waals surface area contributed by atoms with Crippen LogP contribution >= 0.6 is 0 Å². The summed E-state index contributed by atoms with van der Waals surface area (Å²) >= 11 is 0. The third-order valence-corrected chi connectivity index (χ3v) is 1.59. The largest absolute Gasteiger partial charge is 0.0654 e. The topological polar surface area (TPSA) is 0 Å². The summed E-state index contributed by atoms with van der Waals surface area (Å²) in [5.41, 5.74) is 0. The molecule has 0 nitrogen and oxygen atoms in total. The van der Waals surface area contributed by atoms with Gasteiger partial charge in [-0.2, -0.15) is 0 Å². The molecule has 0 bridgehead atoms. The number of hydrogen-bond acceptors (Lipinski definition) is 0. The Morgan fingerprint density at radius 3 is 2.22 bits per heavy atom. The maximum atomic E-state index is 3.96. The van der Waals surface area contributed by atoms with Gasteiger partial charge in [0.15, 0.2) is 0 Å². The maximum absolute atomic E-state index is 3.96. The van der Waals surface area contributed by atoms with Gasteiger partial charge in [-0.3, -0.25) is 0 Å². The van der Waals surface area contributed by atoms with Crippen LogP contribution in [-0.2, 0) is 0 Å². The van der Waals surface area contributed by atoms with E-state index in [0.717, 1.165) is 5.92 Å². The summed E-state index contributed by atoms with van der Waals surface area (Å²) < 4.78 is 0. The van der Waals surface area contributed by atoms with E-state index in [9.17, 15) is 0 Å². The summed E-state index contributed by atoms with van der Waals surface area (Å²) in [7, 11) is 0. The van der Waals surface area contributed by atoms with Gasteiger partial charge in [-0.25, -0.2) is 0 Å². The summed E-state index contributed by atoms with van der Waals surface area (Å²) in [5.74, 6) is 1.51. The van der Waals surface area contributed by atoms with Crippen LogP contribution in [0.2, 0.25) is 0 Å². The molecule has 0 fully saturated rings. The summed E-state index contributed by atoms with van der Waals surface area (Å²) in [6.45, 7) is 10.7. The van der Waals surface area contributed by atoms with E-state index in [1.54, 1.807) is 0 Å². The fourth-order valence-corrected chi connectivity index (χ4v) is 1.30. The smallest absolute Gasteiger partial charge is 0.0440 e. The first kappa shape index (κ1) is 9.00. The second kappa shape index (κ2) is 4.84. The molecule has 2 unspecified atom stereocenters. The fourth-order valence-electron chi connectivity index (χ4n) is 1.30. The first-order valence-corrected chi connectivity index (χ1v) is 3.99. The van der Waals surface area contributed by atoms with E-state index in [4.69, 9.17) is 0 Å². The molecule has 0 aliphatic rings. The Morgan fingerprint density at radius 1 is 1.33 bits per heavy atom. The Hall–Kier alpha value is 0. The van der Waals surface area contributed by atoms with E-state index in [0.29, 0.717) is 5.92 Å². The van der Waals surface area contributed by atoms with E-state index in [1.165, 1.54) is 19.3 Å². The standard InChI is InChI=1S/C9H19/c1-5-6-9(4)7-8(2)3/h8-9H,2,5-7H2,1,3-4H3.